The molecular weight excluding hydrogens is 204 g/mol. The van der Waals surface area contributed by atoms with Gasteiger partial charge in [-0.05, 0) is 19.8 Å². The first kappa shape index (κ1) is 13.5. The molecule has 0 bridgehead atoms. The highest BCUT2D eigenvalue weighted by molar-refractivity contribution is 5.78. The van der Waals surface area contributed by atoms with Crippen LogP contribution in [0.25, 0.3) is 0 Å². The smallest absolute Gasteiger partial charge is 0.234 e. The molecular formula is C12H24N2O2. The van der Waals surface area contributed by atoms with Gasteiger partial charge in [0.2, 0.25) is 5.91 Å². The van der Waals surface area contributed by atoms with Gasteiger partial charge in [-0.15, -0.1) is 0 Å². The third kappa shape index (κ3) is 4.94. The predicted octanol–water partition coefficient (Wildman–Crippen LogP) is 1.06. The summed E-state index contributed by atoms with van der Waals surface area (Å²) in [5.74, 6) is 0.0977. The number of hydrogen-bond acceptors (Lipinski definition) is 3. The average molecular weight is 228 g/mol. The zero-order valence-corrected chi connectivity index (χ0v) is 10.5. The van der Waals surface area contributed by atoms with Crippen LogP contribution in [0.1, 0.15) is 39.0 Å². The van der Waals surface area contributed by atoms with Crippen molar-refractivity contribution in [3.8, 4) is 0 Å². The first-order valence-electron chi connectivity index (χ1n) is 6.17. The SMILES string of the molecule is COCCNCC(=O)NC1(C)CCCCC1. The van der Waals surface area contributed by atoms with Gasteiger partial charge >= 0.3 is 0 Å². The molecule has 0 aromatic heterocycles. The second-order valence-electron chi connectivity index (χ2n) is 4.84. The fourth-order valence-electron chi connectivity index (χ4n) is 2.21. The van der Waals surface area contributed by atoms with E-state index in [-0.39, 0.29) is 11.4 Å². The summed E-state index contributed by atoms with van der Waals surface area (Å²) in [6.45, 7) is 3.91. The minimum Gasteiger partial charge on any atom is -0.383 e. The van der Waals surface area contributed by atoms with Crippen LogP contribution in [-0.4, -0.2) is 38.3 Å². The lowest BCUT2D eigenvalue weighted by Gasteiger charge is -2.34. The third-order valence-electron chi connectivity index (χ3n) is 3.17. The Morgan fingerprint density at radius 3 is 2.62 bits per heavy atom. The van der Waals surface area contributed by atoms with Gasteiger partial charge in [0.05, 0.1) is 13.2 Å². The van der Waals surface area contributed by atoms with Crippen LogP contribution in [0, 0.1) is 0 Å². The van der Waals surface area contributed by atoms with Gasteiger partial charge in [0.25, 0.3) is 0 Å². The Morgan fingerprint density at radius 1 is 1.31 bits per heavy atom. The summed E-state index contributed by atoms with van der Waals surface area (Å²) in [4.78, 5) is 11.7. The second-order valence-corrected chi connectivity index (χ2v) is 4.84. The lowest BCUT2D eigenvalue weighted by molar-refractivity contribution is -0.122. The Hall–Kier alpha value is -0.610. The summed E-state index contributed by atoms with van der Waals surface area (Å²) >= 11 is 0. The molecule has 1 fully saturated rings. The van der Waals surface area contributed by atoms with Crippen molar-refractivity contribution < 1.29 is 9.53 Å². The van der Waals surface area contributed by atoms with E-state index in [2.05, 4.69) is 17.6 Å². The quantitative estimate of drug-likeness (QED) is 0.668. The Morgan fingerprint density at radius 2 is 2.00 bits per heavy atom. The molecule has 4 nitrogen and oxygen atoms in total. The minimum absolute atomic E-state index is 0.0261. The fourth-order valence-corrected chi connectivity index (χ4v) is 2.21. The molecule has 0 spiro atoms. The molecule has 0 aromatic carbocycles. The summed E-state index contributed by atoms with van der Waals surface area (Å²) in [6.07, 6.45) is 5.98. The number of ether oxygens (including phenoxy) is 1. The molecule has 2 N–H and O–H groups in total. The number of amides is 1. The zero-order chi connectivity index (χ0) is 11.9. The molecule has 0 heterocycles. The molecule has 1 amide bonds. The summed E-state index contributed by atoms with van der Waals surface area (Å²) in [6, 6.07) is 0. The fraction of sp³-hybridized carbons (Fsp3) is 0.917. The monoisotopic (exact) mass is 228 g/mol. The van der Waals surface area contributed by atoms with Gasteiger partial charge in [0.1, 0.15) is 0 Å². The van der Waals surface area contributed by atoms with Crippen molar-refractivity contribution in [1.82, 2.24) is 10.6 Å². The number of carbonyl (C=O) groups excluding carboxylic acids is 1. The zero-order valence-electron chi connectivity index (χ0n) is 10.5. The van der Waals surface area contributed by atoms with Gasteiger partial charge in [-0.2, -0.15) is 0 Å². The lowest BCUT2D eigenvalue weighted by Crippen LogP contribution is -2.50. The van der Waals surface area contributed by atoms with Crippen molar-refractivity contribution in [3.05, 3.63) is 0 Å². The molecule has 94 valence electrons. The predicted molar refractivity (Wildman–Crippen MR) is 64.4 cm³/mol. The largest absolute Gasteiger partial charge is 0.383 e. The van der Waals surface area contributed by atoms with E-state index in [1.54, 1.807) is 7.11 Å². The first-order chi connectivity index (χ1) is 7.66. The maximum absolute atomic E-state index is 11.7. The summed E-state index contributed by atoms with van der Waals surface area (Å²) in [5.41, 5.74) is 0.0261. The molecule has 1 aliphatic rings. The average Bonchev–Trinajstić information content (AvgIpc) is 2.25. The van der Waals surface area contributed by atoms with Gasteiger partial charge < -0.3 is 15.4 Å². The van der Waals surface area contributed by atoms with Crippen molar-refractivity contribution in [2.75, 3.05) is 26.8 Å². The topological polar surface area (TPSA) is 50.4 Å². The molecule has 1 aliphatic carbocycles. The van der Waals surface area contributed by atoms with Crippen LogP contribution in [0.2, 0.25) is 0 Å². The number of methoxy groups -OCH3 is 1. The van der Waals surface area contributed by atoms with Crippen LogP contribution in [0.15, 0.2) is 0 Å². The number of carbonyl (C=O) groups is 1. The third-order valence-corrected chi connectivity index (χ3v) is 3.17. The number of rotatable bonds is 6. The van der Waals surface area contributed by atoms with E-state index >= 15 is 0 Å². The van der Waals surface area contributed by atoms with Crippen molar-refractivity contribution in [1.29, 1.82) is 0 Å². The molecule has 0 saturated heterocycles. The lowest BCUT2D eigenvalue weighted by atomic mass is 9.83. The molecule has 1 rings (SSSR count). The Balaban J connectivity index is 2.17. The molecule has 4 heteroatoms. The number of hydrogen-bond donors (Lipinski definition) is 2. The van der Waals surface area contributed by atoms with E-state index in [1.165, 1.54) is 19.3 Å². The first-order valence-corrected chi connectivity index (χ1v) is 6.17. The summed E-state index contributed by atoms with van der Waals surface area (Å²) in [5, 5.41) is 6.19. The molecule has 1 saturated carbocycles. The summed E-state index contributed by atoms with van der Waals surface area (Å²) < 4.78 is 4.90. The Labute approximate surface area is 98.1 Å². The van der Waals surface area contributed by atoms with Crippen LogP contribution in [0.4, 0.5) is 0 Å². The van der Waals surface area contributed by atoms with Crippen LogP contribution in [0.3, 0.4) is 0 Å². The van der Waals surface area contributed by atoms with Crippen molar-refractivity contribution in [2.24, 2.45) is 0 Å². The molecule has 0 radical (unpaired) electrons. The van der Waals surface area contributed by atoms with Crippen LogP contribution < -0.4 is 10.6 Å². The normalized spacial score (nSPS) is 19.4. The van der Waals surface area contributed by atoms with E-state index in [9.17, 15) is 4.79 Å². The molecule has 0 atom stereocenters. The number of nitrogens with one attached hydrogen (secondary N) is 2. The molecule has 0 aliphatic heterocycles. The summed E-state index contributed by atoms with van der Waals surface area (Å²) in [7, 11) is 1.66. The van der Waals surface area contributed by atoms with E-state index in [0.717, 1.165) is 19.4 Å². The van der Waals surface area contributed by atoms with E-state index in [0.29, 0.717) is 13.2 Å². The van der Waals surface area contributed by atoms with Gasteiger partial charge in [0, 0.05) is 19.2 Å². The van der Waals surface area contributed by atoms with Gasteiger partial charge in [0.15, 0.2) is 0 Å². The van der Waals surface area contributed by atoms with Crippen LogP contribution >= 0.6 is 0 Å². The van der Waals surface area contributed by atoms with Crippen molar-refractivity contribution in [3.63, 3.8) is 0 Å². The minimum atomic E-state index is 0.0261. The Kier molecular flexibility index (Phi) is 5.77. The van der Waals surface area contributed by atoms with E-state index in [4.69, 9.17) is 4.74 Å². The van der Waals surface area contributed by atoms with Crippen molar-refractivity contribution >= 4 is 5.91 Å². The van der Waals surface area contributed by atoms with Gasteiger partial charge in [-0.25, -0.2) is 0 Å². The highest BCUT2D eigenvalue weighted by Crippen LogP contribution is 2.27. The highest BCUT2D eigenvalue weighted by Gasteiger charge is 2.27. The van der Waals surface area contributed by atoms with E-state index < -0.39 is 0 Å². The second kappa shape index (κ2) is 6.86. The van der Waals surface area contributed by atoms with Crippen LogP contribution in [0.5, 0.6) is 0 Å². The van der Waals surface area contributed by atoms with Gasteiger partial charge in [-0.3, -0.25) is 4.79 Å². The van der Waals surface area contributed by atoms with Crippen LogP contribution in [-0.2, 0) is 9.53 Å². The van der Waals surface area contributed by atoms with Crippen molar-refractivity contribution in [2.45, 2.75) is 44.6 Å². The van der Waals surface area contributed by atoms with Gasteiger partial charge in [-0.1, -0.05) is 19.3 Å². The highest BCUT2D eigenvalue weighted by atomic mass is 16.5. The molecule has 0 unspecified atom stereocenters. The maximum Gasteiger partial charge on any atom is 0.234 e. The standard InChI is InChI=1S/C12H24N2O2/c1-12(6-4-3-5-7-12)14-11(15)10-13-8-9-16-2/h13H,3-10H2,1-2H3,(H,14,15). The maximum atomic E-state index is 11.7. The molecule has 16 heavy (non-hydrogen) atoms. The molecule has 0 aromatic rings. The Bertz CT molecular complexity index is 213. The van der Waals surface area contributed by atoms with E-state index in [1.807, 2.05) is 0 Å².